The van der Waals surface area contributed by atoms with E-state index in [0.29, 0.717) is 23.4 Å². The van der Waals surface area contributed by atoms with E-state index in [-0.39, 0.29) is 18.2 Å². The molecule has 2 aliphatic heterocycles. The molecule has 2 aromatic rings. The average molecular weight is 395 g/mol. The van der Waals surface area contributed by atoms with Crippen LogP contribution in [0.4, 0.5) is 0 Å². The van der Waals surface area contributed by atoms with Gasteiger partial charge >= 0.3 is 0 Å². The van der Waals surface area contributed by atoms with Gasteiger partial charge in [0.25, 0.3) is 0 Å². The van der Waals surface area contributed by atoms with Gasteiger partial charge in [-0.2, -0.15) is 0 Å². The third kappa shape index (κ3) is 4.09. The second kappa shape index (κ2) is 8.49. The van der Waals surface area contributed by atoms with E-state index in [1.807, 2.05) is 24.3 Å². The van der Waals surface area contributed by atoms with Gasteiger partial charge in [-0.15, -0.1) is 12.4 Å². The van der Waals surface area contributed by atoms with E-state index in [2.05, 4.69) is 16.3 Å². The summed E-state index contributed by atoms with van der Waals surface area (Å²) < 4.78 is 5.88. The summed E-state index contributed by atoms with van der Waals surface area (Å²) in [5.74, 6) is 0.827. The van der Waals surface area contributed by atoms with E-state index >= 15 is 0 Å². The number of rotatable bonds is 2. The molecule has 0 radical (unpaired) electrons. The van der Waals surface area contributed by atoms with Crippen LogP contribution in [0.1, 0.15) is 18.4 Å². The molecule has 0 amide bonds. The largest absolute Gasteiger partial charge is 0.504 e. The number of benzene rings is 2. The van der Waals surface area contributed by atoms with Crippen molar-refractivity contribution in [1.82, 2.24) is 10.2 Å². The molecule has 6 heteroatoms. The number of phenols is 1. The van der Waals surface area contributed by atoms with Crippen molar-refractivity contribution in [3.8, 4) is 22.6 Å². The maximum atomic E-state index is 10.5. The third-order valence-electron chi connectivity index (χ3n) is 5.09. The topological polar surface area (TPSA) is 44.7 Å². The molecule has 0 saturated carbocycles. The summed E-state index contributed by atoms with van der Waals surface area (Å²) in [6.07, 6.45) is 2.42. The van der Waals surface area contributed by atoms with Gasteiger partial charge in [0.05, 0.1) is 0 Å². The van der Waals surface area contributed by atoms with Crippen molar-refractivity contribution in [2.24, 2.45) is 0 Å². The van der Waals surface area contributed by atoms with E-state index in [1.165, 1.54) is 12.8 Å². The van der Waals surface area contributed by atoms with Gasteiger partial charge < -0.3 is 15.2 Å². The maximum absolute atomic E-state index is 10.5. The summed E-state index contributed by atoms with van der Waals surface area (Å²) in [6.45, 7) is 4.41. The fourth-order valence-electron chi connectivity index (χ4n) is 3.81. The smallest absolute Gasteiger partial charge is 0.165 e. The number of hydrogen-bond acceptors (Lipinski definition) is 4. The van der Waals surface area contributed by atoms with Crippen molar-refractivity contribution in [1.29, 1.82) is 0 Å². The number of nitrogens with one attached hydrogen (secondary N) is 1. The quantitative estimate of drug-likeness (QED) is 0.805. The molecule has 4 nitrogen and oxygen atoms in total. The zero-order valence-electron chi connectivity index (χ0n) is 14.6. The van der Waals surface area contributed by atoms with Crippen LogP contribution in [0.5, 0.6) is 11.5 Å². The van der Waals surface area contributed by atoms with Crippen molar-refractivity contribution < 1.29 is 9.84 Å². The second-order valence-electron chi connectivity index (χ2n) is 6.81. The van der Waals surface area contributed by atoms with Gasteiger partial charge in [0, 0.05) is 36.3 Å². The molecule has 2 aliphatic rings. The van der Waals surface area contributed by atoms with Crippen molar-refractivity contribution in [2.45, 2.75) is 25.4 Å². The normalized spacial score (nSPS) is 20.4. The number of nitrogens with zero attached hydrogens (tertiary/aromatic N) is 1. The van der Waals surface area contributed by atoms with Gasteiger partial charge in [0.1, 0.15) is 6.61 Å². The minimum Gasteiger partial charge on any atom is -0.504 e. The first-order valence-electron chi connectivity index (χ1n) is 8.90. The monoisotopic (exact) mass is 394 g/mol. The van der Waals surface area contributed by atoms with Crippen molar-refractivity contribution in [2.75, 3.05) is 26.2 Å². The van der Waals surface area contributed by atoms with E-state index in [1.54, 1.807) is 6.07 Å². The Morgan fingerprint density at radius 3 is 2.85 bits per heavy atom. The summed E-state index contributed by atoms with van der Waals surface area (Å²) in [7, 11) is 0. The molecule has 1 fully saturated rings. The predicted molar refractivity (Wildman–Crippen MR) is 108 cm³/mol. The highest BCUT2D eigenvalue weighted by atomic mass is 35.5. The molecule has 1 atom stereocenters. The van der Waals surface area contributed by atoms with Crippen molar-refractivity contribution >= 4 is 24.0 Å². The fourth-order valence-corrected chi connectivity index (χ4v) is 4.00. The number of ether oxygens (including phenoxy) is 1. The Balaban J connectivity index is 0.00000196. The number of phenolic OH excluding ortho intramolecular Hbond substituents is 1. The summed E-state index contributed by atoms with van der Waals surface area (Å²) in [5, 5.41) is 14.7. The van der Waals surface area contributed by atoms with Crippen LogP contribution in [0, 0.1) is 0 Å². The lowest BCUT2D eigenvalue weighted by Gasteiger charge is -2.33. The third-order valence-corrected chi connectivity index (χ3v) is 5.32. The Hall–Kier alpha value is -1.46. The molecule has 26 heavy (non-hydrogen) atoms. The van der Waals surface area contributed by atoms with Crippen LogP contribution in [-0.4, -0.2) is 42.3 Å². The minimum absolute atomic E-state index is 0. The Kier molecular flexibility index (Phi) is 6.30. The molecule has 1 unspecified atom stereocenters. The van der Waals surface area contributed by atoms with Crippen LogP contribution in [0.15, 0.2) is 36.4 Å². The zero-order chi connectivity index (χ0) is 17.2. The molecule has 0 bridgehead atoms. The fraction of sp³-hybridized carbons (Fsp3) is 0.400. The first kappa shape index (κ1) is 19.3. The van der Waals surface area contributed by atoms with Crippen LogP contribution in [-0.2, 0) is 6.54 Å². The summed E-state index contributed by atoms with van der Waals surface area (Å²) >= 11 is 6.13. The summed E-state index contributed by atoms with van der Waals surface area (Å²) in [6, 6.07) is 12.1. The standard InChI is InChI=1S/C20H23ClN2O2.ClH/c21-17-4-1-3-14(10-17)15-9-16-13-23(18-5-2-6-22-12-18)7-8-25-20(16)19(24)11-15;/h1,3-4,9-11,18,22,24H,2,5-8,12-13H2;1H. The number of fused-ring (bicyclic) bond motifs is 1. The molecule has 2 heterocycles. The van der Waals surface area contributed by atoms with Crippen LogP contribution in [0.25, 0.3) is 11.1 Å². The Morgan fingerprint density at radius 1 is 1.19 bits per heavy atom. The van der Waals surface area contributed by atoms with E-state index in [4.69, 9.17) is 16.3 Å². The molecular formula is C20H24Cl2N2O2. The molecule has 1 saturated heterocycles. The van der Waals surface area contributed by atoms with Gasteiger partial charge in [-0.3, -0.25) is 4.90 Å². The van der Waals surface area contributed by atoms with E-state index in [0.717, 1.165) is 42.9 Å². The average Bonchev–Trinajstić information content (AvgIpc) is 2.85. The zero-order valence-corrected chi connectivity index (χ0v) is 16.2. The Bertz CT molecular complexity index is 763. The van der Waals surface area contributed by atoms with Crippen molar-refractivity contribution in [3.63, 3.8) is 0 Å². The number of hydrogen-bond donors (Lipinski definition) is 2. The molecule has 0 aromatic heterocycles. The van der Waals surface area contributed by atoms with E-state index in [9.17, 15) is 5.11 Å². The van der Waals surface area contributed by atoms with Crippen LogP contribution < -0.4 is 10.1 Å². The highest BCUT2D eigenvalue weighted by Crippen LogP contribution is 2.38. The Labute approximate surface area is 165 Å². The van der Waals surface area contributed by atoms with Gasteiger partial charge in [0.2, 0.25) is 0 Å². The lowest BCUT2D eigenvalue weighted by molar-refractivity contribution is 0.144. The highest BCUT2D eigenvalue weighted by Gasteiger charge is 2.26. The van der Waals surface area contributed by atoms with Gasteiger partial charge in [-0.1, -0.05) is 23.7 Å². The number of halogens is 2. The van der Waals surface area contributed by atoms with Crippen LogP contribution in [0.2, 0.25) is 5.02 Å². The van der Waals surface area contributed by atoms with Crippen LogP contribution in [0.3, 0.4) is 0 Å². The molecule has 2 N–H and O–H groups in total. The molecule has 2 aromatic carbocycles. The lowest BCUT2D eigenvalue weighted by Crippen LogP contribution is -2.46. The second-order valence-corrected chi connectivity index (χ2v) is 7.25. The number of piperidine rings is 1. The van der Waals surface area contributed by atoms with Gasteiger partial charge in [-0.25, -0.2) is 0 Å². The Morgan fingerprint density at radius 2 is 2.08 bits per heavy atom. The summed E-state index contributed by atoms with van der Waals surface area (Å²) in [5.41, 5.74) is 3.00. The molecule has 140 valence electrons. The predicted octanol–water partition coefficient (Wildman–Crippen LogP) is 4.08. The highest BCUT2D eigenvalue weighted by molar-refractivity contribution is 6.30. The van der Waals surface area contributed by atoms with Crippen molar-refractivity contribution in [3.05, 3.63) is 47.0 Å². The summed E-state index contributed by atoms with van der Waals surface area (Å²) in [4.78, 5) is 2.47. The van der Waals surface area contributed by atoms with Gasteiger partial charge in [-0.05, 0) is 54.8 Å². The molecule has 4 rings (SSSR count). The first-order valence-corrected chi connectivity index (χ1v) is 9.28. The maximum Gasteiger partial charge on any atom is 0.165 e. The SMILES string of the molecule is Cl.Oc1cc(-c2cccc(Cl)c2)cc2c1OCCN(C1CCCNC1)C2. The van der Waals surface area contributed by atoms with Gasteiger partial charge in [0.15, 0.2) is 11.5 Å². The van der Waals surface area contributed by atoms with Crippen LogP contribution >= 0.6 is 24.0 Å². The minimum atomic E-state index is 0. The molecule has 0 aliphatic carbocycles. The van der Waals surface area contributed by atoms with E-state index < -0.39 is 0 Å². The number of aromatic hydroxyl groups is 1. The molecular weight excluding hydrogens is 371 g/mol. The molecule has 0 spiro atoms. The lowest BCUT2D eigenvalue weighted by atomic mass is 10.0. The first-order chi connectivity index (χ1) is 12.2.